The molecule has 1 heterocycles. The van der Waals surface area contributed by atoms with Crippen molar-refractivity contribution in [2.75, 3.05) is 31.6 Å². The van der Waals surface area contributed by atoms with Gasteiger partial charge in [-0.1, -0.05) is 0 Å². The largest absolute Gasteiger partial charge is 0.342 e. The normalized spacial score (nSPS) is 23.2. The van der Waals surface area contributed by atoms with E-state index in [-0.39, 0.29) is 5.91 Å². The molecule has 12 heavy (non-hydrogen) atoms. The molecule has 70 valence electrons. The van der Waals surface area contributed by atoms with E-state index in [0.717, 1.165) is 19.5 Å². The van der Waals surface area contributed by atoms with E-state index in [4.69, 9.17) is 5.73 Å². The van der Waals surface area contributed by atoms with Crippen molar-refractivity contribution in [1.29, 1.82) is 0 Å². The summed E-state index contributed by atoms with van der Waals surface area (Å²) >= 11 is 1.58. The number of hydrogen-bond donors (Lipinski definition) is 1. The van der Waals surface area contributed by atoms with Crippen LogP contribution in [0.25, 0.3) is 0 Å². The molecule has 0 aliphatic carbocycles. The Balaban J connectivity index is 2.31. The maximum absolute atomic E-state index is 11.4. The molecule has 1 fully saturated rings. The van der Waals surface area contributed by atoms with Crippen LogP contribution in [0.1, 0.15) is 6.42 Å². The molecule has 1 aliphatic heterocycles. The number of rotatable bonds is 3. The van der Waals surface area contributed by atoms with Crippen molar-refractivity contribution in [2.45, 2.75) is 6.42 Å². The summed E-state index contributed by atoms with van der Waals surface area (Å²) in [5.41, 5.74) is 5.53. The highest BCUT2D eigenvalue weighted by molar-refractivity contribution is 7.99. The Kier molecular flexibility index (Phi) is 3.88. The molecule has 4 heteroatoms. The fraction of sp³-hybridized carbons (Fsp3) is 0.875. The van der Waals surface area contributed by atoms with Gasteiger partial charge in [-0.15, -0.1) is 0 Å². The third kappa shape index (κ3) is 2.38. The first-order chi connectivity index (χ1) is 5.77. The summed E-state index contributed by atoms with van der Waals surface area (Å²) < 4.78 is 0. The van der Waals surface area contributed by atoms with Crippen LogP contribution >= 0.6 is 11.8 Å². The van der Waals surface area contributed by atoms with Crippen LogP contribution in [0.3, 0.4) is 0 Å². The van der Waals surface area contributed by atoms with Gasteiger partial charge >= 0.3 is 0 Å². The van der Waals surface area contributed by atoms with E-state index in [9.17, 15) is 4.79 Å². The van der Waals surface area contributed by atoms with Gasteiger partial charge in [-0.3, -0.25) is 4.79 Å². The van der Waals surface area contributed by atoms with Crippen LogP contribution in [0.15, 0.2) is 0 Å². The quantitative estimate of drug-likeness (QED) is 0.686. The van der Waals surface area contributed by atoms with Gasteiger partial charge in [-0.05, 0) is 25.1 Å². The smallest absolute Gasteiger partial charge is 0.232 e. The molecule has 1 aliphatic rings. The van der Waals surface area contributed by atoms with E-state index in [2.05, 4.69) is 0 Å². The average Bonchev–Trinajstić information content (AvgIpc) is 2.52. The summed E-state index contributed by atoms with van der Waals surface area (Å²) in [6.45, 7) is 2.49. The monoisotopic (exact) mass is 188 g/mol. The second kappa shape index (κ2) is 4.72. The number of thioether (sulfide) groups is 1. The van der Waals surface area contributed by atoms with E-state index in [1.807, 2.05) is 11.2 Å². The predicted molar refractivity (Wildman–Crippen MR) is 52.1 cm³/mol. The highest BCUT2D eigenvalue weighted by Crippen LogP contribution is 2.15. The van der Waals surface area contributed by atoms with Crippen LogP contribution in [-0.2, 0) is 4.79 Å². The highest BCUT2D eigenvalue weighted by Gasteiger charge is 2.24. The first-order valence-corrected chi connectivity index (χ1v) is 5.64. The van der Waals surface area contributed by atoms with Gasteiger partial charge in [0.15, 0.2) is 0 Å². The molecule has 1 atom stereocenters. The minimum absolute atomic E-state index is 0.262. The van der Waals surface area contributed by atoms with Gasteiger partial charge in [0.25, 0.3) is 0 Å². The number of likely N-dealkylation sites (tertiary alicyclic amines) is 1. The first-order valence-electron chi connectivity index (χ1n) is 4.24. The van der Waals surface area contributed by atoms with Gasteiger partial charge in [0, 0.05) is 13.1 Å². The van der Waals surface area contributed by atoms with Gasteiger partial charge in [-0.2, -0.15) is 11.8 Å². The minimum Gasteiger partial charge on any atom is -0.342 e. The molecular formula is C8H16N2OS. The topological polar surface area (TPSA) is 46.3 Å². The summed E-state index contributed by atoms with van der Waals surface area (Å²) in [7, 11) is 0. The van der Waals surface area contributed by atoms with Gasteiger partial charge in [0.1, 0.15) is 0 Å². The lowest BCUT2D eigenvalue weighted by atomic mass is 10.1. The first kappa shape index (κ1) is 9.86. The number of nitrogens with two attached hydrogens (primary N) is 1. The third-order valence-electron chi connectivity index (χ3n) is 2.24. The SMILES string of the molecule is CSCC(=O)N1CCC(CN)C1. The van der Waals surface area contributed by atoms with E-state index in [1.165, 1.54) is 0 Å². The summed E-state index contributed by atoms with van der Waals surface area (Å²) in [5.74, 6) is 1.41. The molecule has 1 unspecified atom stereocenters. The fourth-order valence-electron chi connectivity index (χ4n) is 1.47. The summed E-state index contributed by atoms with van der Waals surface area (Å²) in [6.07, 6.45) is 3.03. The molecule has 0 aromatic rings. The van der Waals surface area contributed by atoms with E-state index < -0.39 is 0 Å². The Bertz CT molecular complexity index is 163. The van der Waals surface area contributed by atoms with Gasteiger partial charge in [0.2, 0.25) is 5.91 Å². The predicted octanol–water partition coefficient (Wildman–Crippen LogP) is 0.157. The fourth-order valence-corrected chi connectivity index (χ4v) is 1.90. The maximum atomic E-state index is 11.4. The zero-order valence-electron chi connectivity index (χ0n) is 7.45. The standard InChI is InChI=1S/C8H16N2OS/c1-12-6-8(11)10-3-2-7(4-9)5-10/h7H,2-6,9H2,1H3. The van der Waals surface area contributed by atoms with Gasteiger partial charge in [0.05, 0.1) is 5.75 Å². The molecule has 0 bridgehead atoms. The number of amides is 1. The van der Waals surface area contributed by atoms with E-state index in [0.29, 0.717) is 18.2 Å². The molecule has 0 spiro atoms. The van der Waals surface area contributed by atoms with Crippen LogP contribution < -0.4 is 5.73 Å². The lowest BCUT2D eigenvalue weighted by Crippen LogP contribution is -2.31. The summed E-state index contributed by atoms with van der Waals surface area (Å²) in [6, 6.07) is 0. The summed E-state index contributed by atoms with van der Waals surface area (Å²) in [5, 5.41) is 0. The summed E-state index contributed by atoms with van der Waals surface area (Å²) in [4.78, 5) is 13.3. The van der Waals surface area contributed by atoms with Crippen molar-refractivity contribution in [3.05, 3.63) is 0 Å². The number of carbonyl (C=O) groups excluding carboxylic acids is 1. The number of nitrogens with zero attached hydrogens (tertiary/aromatic N) is 1. The Hall–Kier alpha value is -0.220. The molecule has 1 amide bonds. The Morgan fingerprint density at radius 2 is 2.50 bits per heavy atom. The van der Waals surface area contributed by atoms with Gasteiger partial charge in [-0.25, -0.2) is 0 Å². The molecule has 2 N–H and O–H groups in total. The van der Waals surface area contributed by atoms with E-state index in [1.54, 1.807) is 11.8 Å². The molecule has 1 rings (SSSR count). The van der Waals surface area contributed by atoms with E-state index >= 15 is 0 Å². The zero-order valence-corrected chi connectivity index (χ0v) is 8.27. The average molecular weight is 188 g/mol. The second-order valence-corrected chi connectivity index (χ2v) is 4.03. The number of hydrogen-bond acceptors (Lipinski definition) is 3. The van der Waals surface area contributed by atoms with Crippen molar-refractivity contribution in [3.8, 4) is 0 Å². The van der Waals surface area contributed by atoms with Crippen LogP contribution in [0, 0.1) is 5.92 Å². The molecule has 0 aromatic carbocycles. The van der Waals surface area contributed by atoms with Crippen molar-refractivity contribution < 1.29 is 4.79 Å². The molecule has 0 radical (unpaired) electrons. The maximum Gasteiger partial charge on any atom is 0.232 e. The molecule has 3 nitrogen and oxygen atoms in total. The third-order valence-corrected chi connectivity index (χ3v) is 2.78. The molecule has 1 saturated heterocycles. The highest BCUT2D eigenvalue weighted by atomic mass is 32.2. The van der Waals surface area contributed by atoms with Crippen molar-refractivity contribution >= 4 is 17.7 Å². The van der Waals surface area contributed by atoms with Crippen molar-refractivity contribution in [3.63, 3.8) is 0 Å². The van der Waals surface area contributed by atoms with Crippen molar-refractivity contribution in [2.24, 2.45) is 11.7 Å². The zero-order chi connectivity index (χ0) is 8.97. The Labute approximate surface area is 77.7 Å². The Morgan fingerprint density at radius 1 is 1.75 bits per heavy atom. The van der Waals surface area contributed by atoms with Gasteiger partial charge < -0.3 is 10.6 Å². The minimum atomic E-state index is 0.262. The Morgan fingerprint density at radius 3 is 3.00 bits per heavy atom. The van der Waals surface area contributed by atoms with Crippen molar-refractivity contribution in [1.82, 2.24) is 4.90 Å². The second-order valence-electron chi connectivity index (χ2n) is 3.16. The van der Waals surface area contributed by atoms with Crippen LogP contribution in [-0.4, -0.2) is 42.4 Å². The molecule has 0 aromatic heterocycles. The number of carbonyl (C=O) groups is 1. The molecule has 0 saturated carbocycles. The lowest BCUT2D eigenvalue weighted by molar-refractivity contribution is -0.127. The van der Waals surface area contributed by atoms with Crippen LogP contribution in [0.5, 0.6) is 0 Å². The van der Waals surface area contributed by atoms with Crippen LogP contribution in [0.4, 0.5) is 0 Å². The van der Waals surface area contributed by atoms with Crippen LogP contribution in [0.2, 0.25) is 0 Å². The molecular weight excluding hydrogens is 172 g/mol. The lowest BCUT2D eigenvalue weighted by Gasteiger charge is -2.15.